The summed E-state index contributed by atoms with van der Waals surface area (Å²) in [5.74, 6) is 0. The van der Waals surface area contributed by atoms with Crippen molar-refractivity contribution in [2.75, 3.05) is 20.8 Å². The lowest BCUT2D eigenvalue weighted by Gasteiger charge is -2.32. The van der Waals surface area contributed by atoms with Crippen molar-refractivity contribution in [1.29, 1.82) is 0 Å². The summed E-state index contributed by atoms with van der Waals surface area (Å²) in [6, 6.07) is 2.34. The van der Waals surface area contributed by atoms with Crippen LogP contribution >= 0.6 is 0 Å². The summed E-state index contributed by atoms with van der Waals surface area (Å²) >= 11 is 0. The SMILES string of the molecule is CO[Si](C)(C)CCCC(N)(CCN)CCC[Si](C)(C)OC. The summed E-state index contributed by atoms with van der Waals surface area (Å²) < 4.78 is 11.2. The molecule has 0 radical (unpaired) electrons. The van der Waals surface area contributed by atoms with Gasteiger partial charge in [0.25, 0.3) is 0 Å². The molecule has 0 rings (SSSR count). The Balaban J connectivity index is 4.29. The highest BCUT2D eigenvalue weighted by atomic mass is 28.4. The summed E-state index contributed by atoms with van der Waals surface area (Å²) in [6.07, 6.45) is 5.32. The van der Waals surface area contributed by atoms with E-state index in [1.807, 2.05) is 14.2 Å². The molecule has 0 spiro atoms. The molecule has 21 heavy (non-hydrogen) atoms. The number of hydrogen-bond donors (Lipinski definition) is 2. The molecule has 128 valence electrons. The Bertz CT molecular complexity index is 265. The van der Waals surface area contributed by atoms with Crippen LogP contribution in [0.4, 0.5) is 0 Å². The van der Waals surface area contributed by atoms with Gasteiger partial charge < -0.3 is 20.3 Å². The quantitative estimate of drug-likeness (QED) is 0.537. The van der Waals surface area contributed by atoms with Gasteiger partial charge in [0.05, 0.1) is 0 Å². The van der Waals surface area contributed by atoms with E-state index in [2.05, 4.69) is 26.2 Å². The van der Waals surface area contributed by atoms with Crippen LogP contribution in [-0.2, 0) is 8.85 Å². The Morgan fingerprint density at radius 1 is 0.810 bits per heavy atom. The van der Waals surface area contributed by atoms with E-state index in [1.54, 1.807) is 0 Å². The Hall–Kier alpha value is 0.274. The Morgan fingerprint density at radius 2 is 1.19 bits per heavy atom. The van der Waals surface area contributed by atoms with Crippen molar-refractivity contribution in [3.05, 3.63) is 0 Å². The fourth-order valence-electron chi connectivity index (χ4n) is 2.60. The Labute approximate surface area is 134 Å². The lowest BCUT2D eigenvalue weighted by Crippen LogP contribution is -2.43. The maximum Gasteiger partial charge on any atom is 0.186 e. The lowest BCUT2D eigenvalue weighted by atomic mass is 9.86. The van der Waals surface area contributed by atoms with Gasteiger partial charge in [0.1, 0.15) is 0 Å². The largest absolute Gasteiger partial charge is 0.420 e. The third-order valence-corrected chi connectivity index (χ3v) is 9.98. The monoisotopic (exact) mass is 334 g/mol. The highest BCUT2D eigenvalue weighted by molar-refractivity contribution is 6.71. The molecule has 4 N–H and O–H groups in total. The van der Waals surface area contributed by atoms with Gasteiger partial charge in [0.15, 0.2) is 16.6 Å². The van der Waals surface area contributed by atoms with Crippen molar-refractivity contribution < 1.29 is 8.85 Å². The molecular formula is C15H38N2O2Si2. The summed E-state index contributed by atoms with van der Waals surface area (Å²) in [5.41, 5.74) is 12.3. The molecule has 0 amide bonds. The zero-order chi connectivity index (χ0) is 16.6. The summed E-state index contributed by atoms with van der Waals surface area (Å²) in [5, 5.41) is 0. The van der Waals surface area contributed by atoms with Crippen LogP contribution in [0.5, 0.6) is 0 Å². The maximum atomic E-state index is 6.62. The van der Waals surface area contributed by atoms with Crippen LogP contribution in [0, 0.1) is 0 Å². The van der Waals surface area contributed by atoms with Crippen molar-refractivity contribution in [3.63, 3.8) is 0 Å². The van der Waals surface area contributed by atoms with Gasteiger partial charge in [-0.25, -0.2) is 0 Å². The van der Waals surface area contributed by atoms with E-state index in [0.29, 0.717) is 6.54 Å². The van der Waals surface area contributed by atoms with E-state index >= 15 is 0 Å². The molecular weight excluding hydrogens is 296 g/mol. The minimum absolute atomic E-state index is 0.106. The summed E-state index contributed by atoms with van der Waals surface area (Å²) in [4.78, 5) is 0. The molecule has 4 nitrogen and oxygen atoms in total. The van der Waals surface area contributed by atoms with Gasteiger partial charge >= 0.3 is 0 Å². The maximum absolute atomic E-state index is 6.62. The van der Waals surface area contributed by atoms with Gasteiger partial charge in [-0.2, -0.15) is 0 Å². The Kier molecular flexibility index (Phi) is 9.54. The normalized spacial score (nSPS) is 13.7. The average molecular weight is 335 g/mol. The number of rotatable bonds is 12. The summed E-state index contributed by atoms with van der Waals surface area (Å²) in [7, 11) is 0.731. The summed E-state index contributed by atoms with van der Waals surface area (Å²) in [6.45, 7) is 9.73. The molecule has 0 aromatic carbocycles. The van der Waals surface area contributed by atoms with E-state index in [9.17, 15) is 0 Å². The molecule has 0 fully saturated rings. The molecule has 0 aliphatic heterocycles. The van der Waals surface area contributed by atoms with Gasteiger partial charge in [0, 0.05) is 19.8 Å². The van der Waals surface area contributed by atoms with E-state index < -0.39 is 16.6 Å². The van der Waals surface area contributed by atoms with Crippen LogP contribution in [0.1, 0.15) is 32.1 Å². The minimum Gasteiger partial charge on any atom is -0.420 e. The van der Waals surface area contributed by atoms with Crippen LogP contribution in [0.15, 0.2) is 0 Å². The molecule has 0 saturated heterocycles. The third-order valence-electron chi connectivity index (χ3n) is 4.65. The minimum atomic E-state index is -1.47. The molecule has 0 unspecified atom stereocenters. The van der Waals surface area contributed by atoms with Gasteiger partial charge in [0.2, 0.25) is 0 Å². The number of nitrogens with two attached hydrogens (primary N) is 2. The molecule has 0 aliphatic rings. The van der Waals surface area contributed by atoms with Crippen molar-refractivity contribution in [2.24, 2.45) is 11.5 Å². The zero-order valence-electron chi connectivity index (χ0n) is 15.1. The third kappa shape index (κ3) is 9.81. The van der Waals surface area contributed by atoms with Crippen molar-refractivity contribution in [3.8, 4) is 0 Å². The van der Waals surface area contributed by atoms with E-state index in [0.717, 1.165) is 32.1 Å². The van der Waals surface area contributed by atoms with Gasteiger partial charge in [-0.15, -0.1) is 0 Å². The zero-order valence-corrected chi connectivity index (χ0v) is 17.1. The average Bonchev–Trinajstić information content (AvgIpc) is 2.38. The molecule has 0 bridgehead atoms. The molecule has 0 aromatic rings. The van der Waals surface area contributed by atoms with Gasteiger partial charge in [-0.05, 0) is 64.1 Å². The molecule has 6 heteroatoms. The highest BCUT2D eigenvalue weighted by Gasteiger charge is 2.28. The molecule has 0 aromatic heterocycles. The van der Waals surface area contributed by atoms with Crippen molar-refractivity contribution in [2.45, 2.75) is 75.9 Å². The second kappa shape index (κ2) is 9.42. The van der Waals surface area contributed by atoms with Crippen LogP contribution in [0.3, 0.4) is 0 Å². The van der Waals surface area contributed by atoms with Crippen LogP contribution in [0.2, 0.25) is 38.3 Å². The first kappa shape index (κ1) is 21.3. The molecule has 0 aliphatic carbocycles. The van der Waals surface area contributed by atoms with E-state index in [4.69, 9.17) is 20.3 Å². The Morgan fingerprint density at radius 3 is 1.48 bits per heavy atom. The fraction of sp³-hybridized carbons (Fsp3) is 1.00. The highest BCUT2D eigenvalue weighted by Crippen LogP contribution is 2.26. The first-order chi connectivity index (χ1) is 9.60. The first-order valence-corrected chi connectivity index (χ1v) is 14.4. The second-order valence-electron chi connectivity index (χ2n) is 7.54. The van der Waals surface area contributed by atoms with E-state index in [-0.39, 0.29) is 5.54 Å². The molecule has 0 saturated carbocycles. The predicted octanol–water partition coefficient (Wildman–Crippen LogP) is 3.30. The lowest BCUT2D eigenvalue weighted by molar-refractivity contribution is 0.328. The van der Waals surface area contributed by atoms with Crippen LogP contribution in [-0.4, -0.2) is 42.9 Å². The first-order valence-electron chi connectivity index (χ1n) is 8.19. The molecule has 0 atom stereocenters. The van der Waals surface area contributed by atoms with Crippen LogP contribution in [0.25, 0.3) is 0 Å². The van der Waals surface area contributed by atoms with Crippen molar-refractivity contribution >= 4 is 16.6 Å². The topological polar surface area (TPSA) is 70.5 Å². The smallest absolute Gasteiger partial charge is 0.186 e. The van der Waals surface area contributed by atoms with E-state index in [1.165, 1.54) is 12.1 Å². The second-order valence-corrected chi connectivity index (χ2v) is 16.4. The molecule has 0 heterocycles. The predicted molar refractivity (Wildman–Crippen MR) is 97.7 cm³/mol. The van der Waals surface area contributed by atoms with Crippen molar-refractivity contribution in [1.82, 2.24) is 0 Å². The number of hydrogen-bond acceptors (Lipinski definition) is 4. The van der Waals surface area contributed by atoms with Gasteiger partial charge in [-0.1, -0.05) is 12.8 Å². The van der Waals surface area contributed by atoms with Gasteiger partial charge in [-0.3, -0.25) is 0 Å². The van der Waals surface area contributed by atoms with Crippen LogP contribution < -0.4 is 11.5 Å². The fourth-order valence-corrected chi connectivity index (χ4v) is 5.06. The standard InChI is InChI=1S/C15H38N2O2Si2/c1-18-20(3,4)13-7-9-15(17,11-12-16)10-8-14-21(5,6)19-2/h7-14,16-17H2,1-6H3.